The van der Waals surface area contributed by atoms with E-state index in [4.69, 9.17) is 15.3 Å². The first-order valence-electron chi connectivity index (χ1n) is 6.66. The standard InChI is InChI=1S/C14H21N3O3/c1-17(2)10-4-3-5-11(8-10)19-9-12-6-7-13(20-12)14(18)16-15/h3-5,8,12-13H,6-7,9,15H2,1-2H3,(H,16,18). The summed E-state index contributed by atoms with van der Waals surface area (Å²) >= 11 is 0. The van der Waals surface area contributed by atoms with Crippen LogP contribution < -0.4 is 20.9 Å². The van der Waals surface area contributed by atoms with Gasteiger partial charge in [-0.1, -0.05) is 6.07 Å². The van der Waals surface area contributed by atoms with Crippen LogP contribution in [-0.4, -0.2) is 38.8 Å². The van der Waals surface area contributed by atoms with E-state index >= 15 is 0 Å². The normalized spacial score (nSPS) is 21.6. The van der Waals surface area contributed by atoms with Gasteiger partial charge in [0.1, 0.15) is 18.5 Å². The third kappa shape index (κ3) is 3.61. The van der Waals surface area contributed by atoms with Crippen LogP contribution in [0, 0.1) is 0 Å². The summed E-state index contributed by atoms with van der Waals surface area (Å²) in [6, 6.07) is 7.84. The smallest absolute Gasteiger partial charge is 0.263 e. The van der Waals surface area contributed by atoms with E-state index in [-0.39, 0.29) is 12.0 Å². The molecule has 2 rings (SSSR count). The molecule has 0 radical (unpaired) electrons. The number of rotatable bonds is 5. The highest BCUT2D eigenvalue weighted by atomic mass is 16.5. The topological polar surface area (TPSA) is 76.8 Å². The van der Waals surface area contributed by atoms with Crippen molar-refractivity contribution in [1.29, 1.82) is 0 Å². The minimum Gasteiger partial charge on any atom is -0.491 e. The van der Waals surface area contributed by atoms with Crippen molar-refractivity contribution < 1.29 is 14.3 Å². The van der Waals surface area contributed by atoms with Crippen LogP contribution in [0.15, 0.2) is 24.3 Å². The van der Waals surface area contributed by atoms with Crippen molar-refractivity contribution in [3.05, 3.63) is 24.3 Å². The van der Waals surface area contributed by atoms with E-state index in [1.807, 2.05) is 43.3 Å². The van der Waals surface area contributed by atoms with Gasteiger partial charge in [-0.2, -0.15) is 0 Å². The zero-order valence-corrected chi connectivity index (χ0v) is 11.8. The highest BCUT2D eigenvalue weighted by Gasteiger charge is 2.30. The fourth-order valence-corrected chi connectivity index (χ4v) is 2.15. The largest absolute Gasteiger partial charge is 0.491 e. The van der Waals surface area contributed by atoms with E-state index in [1.54, 1.807) is 0 Å². The minimum atomic E-state index is -0.457. The van der Waals surface area contributed by atoms with Gasteiger partial charge < -0.3 is 14.4 Å². The number of hydrazine groups is 1. The van der Waals surface area contributed by atoms with Crippen LogP contribution in [-0.2, 0) is 9.53 Å². The number of carbonyl (C=O) groups excluding carboxylic acids is 1. The molecule has 2 atom stereocenters. The summed E-state index contributed by atoms with van der Waals surface area (Å²) in [7, 11) is 3.96. The molecule has 1 aromatic carbocycles. The van der Waals surface area contributed by atoms with Crippen molar-refractivity contribution in [1.82, 2.24) is 5.43 Å². The summed E-state index contributed by atoms with van der Waals surface area (Å²) in [5, 5.41) is 0. The van der Waals surface area contributed by atoms with Crippen molar-refractivity contribution >= 4 is 11.6 Å². The van der Waals surface area contributed by atoms with Gasteiger partial charge in [0.05, 0.1) is 6.10 Å². The lowest BCUT2D eigenvalue weighted by atomic mass is 10.2. The molecule has 6 heteroatoms. The van der Waals surface area contributed by atoms with Crippen LogP contribution in [0.25, 0.3) is 0 Å². The minimum absolute atomic E-state index is 0.0692. The first-order valence-corrected chi connectivity index (χ1v) is 6.66. The molecule has 0 saturated carbocycles. The van der Waals surface area contributed by atoms with Crippen LogP contribution >= 0.6 is 0 Å². The summed E-state index contributed by atoms with van der Waals surface area (Å²) in [6.07, 6.45) is 0.947. The number of nitrogens with one attached hydrogen (secondary N) is 1. The monoisotopic (exact) mass is 279 g/mol. The fourth-order valence-electron chi connectivity index (χ4n) is 2.15. The van der Waals surface area contributed by atoms with E-state index < -0.39 is 6.10 Å². The van der Waals surface area contributed by atoms with E-state index in [9.17, 15) is 4.79 Å². The molecule has 0 aromatic heterocycles. The Hall–Kier alpha value is -1.79. The zero-order valence-electron chi connectivity index (χ0n) is 11.8. The van der Waals surface area contributed by atoms with E-state index in [0.717, 1.165) is 17.9 Å². The van der Waals surface area contributed by atoms with Gasteiger partial charge in [-0.3, -0.25) is 10.2 Å². The Labute approximate surface area is 118 Å². The van der Waals surface area contributed by atoms with E-state index in [1.165, 1.54) is 0 Å². The lowest BCUT2D eigenvalue weighted by Gasteiger charge is -2.16. The van der Waals surface area contributed by atoms with Crippen LogP contribution in [0.5, 0.6) is 5.75 Å². The van der Waals surface area contributed by atoms with E-state index in [2.05, 4.69) is 5.43 Å². The fraction of sp³-hybridized carbons (Fsp3) is 0.500. The highest BCUT2D eigenvalue weighted by Crippen LogP contribution is 2.23. The maximum absolute atomic E-state index is 11.3. The molecule has 110 valence electrons. The van der Waals surface area contributed by atoms with Gasteiger partial charge in [0.2, 0.25) is 0 Å². The van der Waals surface area contributed by atoms with Gasteiger partial charge in [-0.15, -0.1) is 0 Å². The zero-order chi connectivity index (χ0) is 14.5. The number of nitrogens with two attached hydrogens (primary N) is 1. The first kappa shape index (κ1) is 14.6. The summed E-state index contributed by atoms with van der Waals surface area (Å²) in [6.45, 7) is 0.436. The number of ether oxygens (including phenoxy) is 2. The molecule has 1 heterocycles. The molecule has 1 saturated heterocycles. The molecule has 20 heavy (non-hydrogen) atoms. The van der Waals surface area contributed by atoms with Gasteiger partial charge in [-0.05, 0) is 25.0 Å². The summed E-state index contributed by atoms with van der Waals surface area (Å²) in [5.74, 6) is 5.61. The molecule has 0 spiro atoms. The Kier molecular flexibility index (Phi) is 4.81. The van der Waals surface area contributed by atoms with Crippen LogP contribution in [0.3, 0.4) is 0 Å². The molecule has 1 aliphatic rings. The number of amides is 1. The number of anilines is 1. The van der Waals surface area contributed by atoms with Crippen molar-refractivity contribution in [2.24, 2.45) is 5.84 Å². The number of hydrogen-bond donors (Lipinski definition) is 2. The Morgan fingerprint density at radius 3 is 3.00 bits per heavy atom. The van der Waals surface area contributed by atoms with Crippen LogP contribution in [0.2, 0.25) is 0 Å². The predicted molar refractivity (Wildman–Crippen MR) is 76.5 cm³/mol. The second kappa shape index (κ2) is 6.58. The second-order valence-corrected chi connectivity index (χ2v) is 5.04. The van der Waals surface area contributed by atoms with Crippen molar-refractivity contribution in [2.45, 2.75) is 25.0 Å². The third-order valence-electron chi connectivity index (χ3n) is 3.31. The Morgan fingerprint density at radius 1 is 1.50 bits per heavy atom. The number of nitrogens with zero attached hydrogens (tertiary/aromatic N) is 1. The Morgan fingerprint density at radius 2 is 2.30 bits per heavy atom. The molecule has 3 N–H and O–H groups in total. The molecule has 1 amide bonds. The van der Waals surface area contributed by atoms with Gasteiger partial charge in [-0.25, -0.2) is 5.84 Å². The molecular formula is C14H21N3O3. The summed E-state index contributed by atoms with van der Waals surface area (Å²) < 4.78 is 11.3. The molecule has 1 aromatic rings. The van der Waals surface area contributed by atoms with Crippen LogP contribution in [0.4, 0.5) is 5.69 Å². The van der Waals surface area contributed by atoms with Gasteiger partial charge in [0.15, 0.2) is 0 Å². The van der Waals surface area contributed by atoms with Crippen molar-refractivity contribution in [3.63, 3.8) is 0 Å². The lowest BCUT2D eigenvalue weighted by molar-refractivity contribution is -0.132. The molecule has 6 nitrogen and oxygen atoms in total. The number of hydrogen-bond acceptors (Lipinski definition) is 5. The molecule has 0 aliphatic carbocycles. The SMILES string of the molecule is CN(C)c1cccc(OCC2CCC(C(=O)NN)O2)c1. The average Bonchev–Trinajstić information content (AvgIpc) is 2.93. The van der Waals surface area contributed by atoms with E-state index in [0.29, 0.717) is 13.0 Å². The highest BCUT2D eigenvalue weighted by molar-refractivity contribution is 5.80. The Bertz CT molecular complexity index is 465. The predicted octanol–water partition coefficient (Wildman–Crippen LogP) is 0.669. The van der Waals surface area contributed by atoms with Gasteiger partial charge in [0, 0.05) is 25.8 Å². The maximum Gasteiger partial charge on any atom is 0.263 e. The Balaban J connectivity index is 1.84. The molecule has 0 bridgehead atoms. The van der Waals surface area contributed by atoms with Crippen LogP contribution in [0.1, 0.15) is 12.8 Å². The molecule has 1 fully saturated rings. The molecule has 1 aliphatic heterocycles. The summed E-state index contributed by atoms with van der Waals surface area (Å²) in [4.78, 5) is 13.4. The van der Waals surface area contributed by atoms with Gasteiger partial charge in [0.25, 0.3) is 5.91 Å². The maximum atomic E-state index is 11.3. The molecule has 2 unspecified atom stereocenters. The number of carbonyl (C=O) groups is 1. The first-order chi connectivity index (χ1) is 9.60. The summed E-state index contributed by atoms with van der Waals surface area (Å²) in [5.41, 5.74) is 3.19. The third-order valence-corrected chi connectivity index (χ3v) is 3.31. The van der Waals surface area contributed by atoms with Crippen molar-refractivity contribution in [3.8, 4) is 5.75 Å². The number of benzene rings is 1. The lowest BCUT2D eigenvalue weighted by Crippen LogP contribution is -2.39. The van der Waals surface area contributed by atoms with Gasteiger partial charge >= 0.3 is 0 Å². The average molecular weight is 279 g/mol. The quantitative estimate of drug-likeness (QED) is 0.470. The molecular weight excluding hydrogens is 258 g/mol. The second-order valence-electron chi connectivity index (χ2n) is 5.04. The van der Waals surface area contributed by atoms with Crippen molar-refractivity contribution in [2.75, 3.05) is 25.6 Å².